The van der Waals surface area contributed by atoms with E-state index in [9.17, 15) is 4.79 Å². The Balaban J connectivity index is 1.82. The molecule has 3 nitrogen and oxygen atoms in total. The fourth-order valence-electron chi connectivity index (χ4n) is 2.88. The zero-order chi connectivity index (χ0) is 18.6. The highest BCUT2D eigenvalue weighted by Gasteiger charge is 2.18. The van der Waals surface area contributed by atoms with Gasteiger partial charge < -0.3 is 9.32 Å². The molecule has 0 unspecified atom stereocenters. The van der Waals surface area contributed by atoms with Gasteiger partial charge in [0.05, 0.1) is 12.8 Å². The summed E-state index contributed by atoms with van der Waals surface area (Å²) in [5, 5.41) is 0. The lowest BCUT2D eigenvalue weighted by Crippen LogP contribution is -2.30. The Bertz CT molecular complexity index is 828. The highest BCUT2D eigenvalue weighted by atomic mass is 16.3. The normalized spacial score (nSPS) is 11.3. The maximum Gasteiger partial charge on any atom is 0.254 e. The van der Waals surface area contributed by atoms with Crippen LogP contribution < -0.4 is 0 Å². The van der Waals surface area contributed by atoms with Crippen LogP contribution >= 0.6 is 0 Å². The molecule has 3 aromatic rings. The molecule has 3 heteroatoms. The van der Waals surface area contributed by atoms with Gasteiger partial charge in [-0.05, 0) is 40.8 Å². The minimum Gasteiger partial charge on any atom is -0.467 e. The summed E-state index contributed by atoms with van der Waals surface area (Å²) in [5.74, 6) is 0.780. The van der Waals surface area contributed by atoms with Crippen molar-refractivity contribution in [2.24, 2.45) is 0 Å². The molecule has 0 aliphatic heterocycles. The van der Waals surface area contributed by atoms with E-state index in [0.29, 0.717) is 18.7 Å². The third kappa shape index (κ3) is 4.42. The molecule has 0 fully saturated rings. The minimum absolute atomic E-state index is 0.00176. The van der Waals surface area contributed by atoms with E-state index in [0.717, 1.165) is 11.3 Å². The Kier molecular flexibility index (Phi) is 5.27. The summed E-state index contributed by atoms with van der Waals surface area (Å²) in [7, 11) is 0. The topological polar surface area (TPSA) is 33.5 Å². The molecule has 0 radical (unpaired) electrons. The van der Waals surface area contributed by atoms with Gasteiger partial charge in [-0.1, -0.05) is 63.2 Å². The van der Waals surface area contributed by atoms with Gasteiger partial charge >= 0.3 is 0 Å². The molecule has 1 aromatic heterocycles. The zero-order valence-electron chi connectivity index (χ0n) is 15.6. The van der Waals surface area contributed by atoms with Gasteiger partial charge in [0.25, 0.3) is 5.91 Å². The first-order valence-electron chi connectivity index (χ1n) is 8.89. The molecule has 134 valence electrons. The fourth-order valence-corrected chi connectivity index (χ4v) is 2.88. The van der Waals surface area contributed by atoms with Gasteiger partial charge in [0.15, 0.2) is 0 Å². The molecule has 0 aliphatic carbocycles. The molecule has 0 N–H and O–H groups in total. The lowest BCUT2D eigenvalue weighted by Gasteiger charge is -2.23. The molecule has 0 bridgehead atoms. The fraction of sp³-hybridized carbons (Fsp3) is 0.261. The van der Waals surface area contributed by atoms with Crippen LogP contribution in [0.4, 0.5) is 0 Å². The number of carbonyl (C=O) groups is 1. The number of furan rings is 1. The summed E-state index contributed by atoms with van der Waals surface area (Å²) < 4.78 is 5.46. The predicted molar refractivity (Wildman–Crippen MR) is 104 cm³/mol. The summed E-state index contributed by atoms with van der Waals surface area (Å²) in [6.45, 7) is 7.58. The second-order valence-electron chi connectivity index (χ2n) is 7.55. The Morgan fingerprint density at radius 3 is 2.15 bits per heavy atom. The van der Waals surface area contributed by atoms with Crippen LogP contribution in [-0.4, -0.2) is 10.8 Å². The number of nitrogens with zero attached hydrogens (tertiary/aromatic N) is 1. The van der Waals surface area contributed by atoms with Crippen LogP contribution in [0, 0.1) is 0 Å². The van der Waals surface area contributed by atoms with Crippen molar-refractivity contribution in [3.05, 3.63) is 95.4 Å². The smallest absolute Gasteiger partial charge is 0.254 e. The second-order valence-corrected chi connectivity index (χ2v) is 7.55. The molecule has 0 atom stereocenters. The van der Waals surface area contributed by atoms with Crippen LogP contribution in [0.15, 0.2) is 77.4 Å². The predicted octanol–water partition coefficient (Wildman–Crippen LogP) is 5.42. The number of carbonyl (C=O) groups excluding carboxylic acids is 1. The van der Waals surface area contributed by atoms with E-state index in [1.54, 1.807) is 6.26 Å². The van der Waals surface area contributed by atoms with Crippen molar-refractivity contribution in [1.82, 2.24) is 4.90 Å². The van der Waals surface area contributed by atoms with E-state index in [-0.39, 0.29) is 11.3 Å². The van der Waals surface area contributed by atoms with E-state index >= 15 is 0 Å². The summed E-state index contributed by atoms with van der Waals surface area (Å²) in [6.07, 6.45) is 1.64. The van der Waals surface area contributed by atoms with Gasteiger partial charge in [-0.2, -0.15) is 0 Å². The quantitative estimate of drug-likeness (QED) is 0.617. The van der Waals surface area contributed by atoms with Crippen LogP contribution in [0.3, 0.4) is 0 Å². The van der Waals surface area contributed by atoms with Gasteiger partial charge in [0.2, 0.25) is 0 Å². The van der Waals surface area contributed by atoms with Crippen molar-refractivity contribution >= 4 is 5.91 Å². The SMILES string of the molecule is CC(C)(C)c1ccc(CN(Cc2ccco2)C(=O)c2ccccc2)cc1. The lowest BCUT2D eigenvalue weighted by molar-refractivity contribution is 0.0717. The molecular weight excluding hydrogens is 322 g/mol. The maximum atomic E-state index is 13.0. The van der Waals surface area contributed by atoms with E-state index < -0.39 is 0 Å². The summed E-state index contributed by atoms with van der Waals surface area (Å²) >= 11 is 0. The Labute approximate surface area is 155 Å². The molecule has 1 heterocycles. The van der Waals surface area contributed by atoms with E-state index in [1.807, 2.05) is 47.4 Å². The van der Waals surface area contributed by atoms with Crippen molar-refractivity contribution in [1.29, 1.82) is 0 Å². The van der Waals surface area contributed by atoms with E-state index in [2.05, 4.69) is 45.0 Å². The van der Waals surface area contributed by atoms with Crippen molar-refractivity contribution in [3.63, 3.8) is 0 Å². The molecule has 3 rings (SSSR count). The minimum atomic E-state index is 0.00176. The Morgan fingerprint density at radius 1 is 0.885 bits per heavy atom. The summed E-state index contributed by atoms with van der Waals surface area (Å²) in [6, 6.07) is 21.6. The van der Waals surface area contributed by atoms with Crippen molar-refractivity contribution in [3.8, 4) is 0 Å². The largest absolute Gasteiger partial charge is 0.467 e. The molecule has 0 saturated heterocycles. The maximum absolute atomic E-state index is 13.0. The van der Waals surface area contributed by atoms with Crippen LogP contribution in [0.5, 0.6) is 0 Å². The van der Waals surface area contributed by atoms with Crippen LogP contribution in [-0.2, 0) is 18.5 Å². The van der Waals surface area contributed by atoms with E-state index in [1.165, 1.54) is 5.56 Å². The highest BCUT2D eigenvalue weighted by molar-refractivity contribution is 5.94. The second kappa shape index (κ2) is 7.61. The molecule has 0 saturated carbocycles. The van der Waals surface area contributed by atoms with Gasteiger partial charge in [0.1, 0.15) is 5.76 Å². The first kappa shape index (κ1) is 18.0. The zero-order valence-corrected chi connectivity index (χ0v) is 15.6. The molecule has 1 amide bonds. The first-order valence-corrected chi connectivity index (χ1v) is 8.89. The van der Waals surface area contributed by atoms with Crippen molar-refractivity contribution in [2.75, 3.05) is 0 Å². The Morgan fingerprint density at radius 2 is 1.58 bits per heavy atom. The van der Waals surface area contributed by atoms with E-state index in [4.69, 9.17) is 4.42 Å². The molecule has 26 heavy (non-hydrogen) atoms. The van der Waals surface area contributed by atoms with Gasteiger partial charge in [-0.15, -0.1) is 0 Å². The van der Waals surface area contributed by atoms with Gasteiger partial charge in [-0.3, -0.25) is 4.79 Å². The van der Waals surface area contributed by atoms with Gasteiger partial charge in [0, 0.05) is 12.1 Å². The number of amides is 1. The highest BCUT2D eigenvalue weighted by Crippen LogP contribution is 2.23. The number of hydrogen-bond donors (Lipinski definition) is 0. The third-order valence-corrected chi connectivity index (χ3v) is 4.43. The summed E-state index contributed by atoms with van der Waals surface area (Å²) in [5.41, 5.74) is 3.19. The molecule has 2 aromatic carbocycles. The van der Waals surface area contributed by atoms with Crippen LogP contribution in [0.25, 0.3) is 0 Å². The average Bonchev–Trinajstić information content (AvgIpc) is 3.14. The average molecular weight is 347 g/mol. The van der Waals surface area contributed by atoms with Crippen molar-refractivity contribution < 1.29 is 9.21 Å². The number of rotatable bonds is 5. The lowest BCUT2D eigenvalue weighted by atomic mass is 9.87. The van der Waals surface area contributed by atoms with Gasteiger partial charge in [-0.25, -0.2) is 0 Å². The Hall–Kier alpha value is -2.81. The first-order chi connectivity index (χ1) is 12.4. The van der Waals surface area contributed by atoms with Crippen LogP contribution in [0.2, 0.25) is 0 Å². The monoisotopic (exact) mass is 347 g/mol. The standard InChI is InChI=1S/C23H25NO2/c1-23(2,3)20-13-11-18(12-14-20)16-24(17-21-10-7-15-26-21)22(25)19-8-5-4-6-9-19/h4-15H,16-17H2,1-3H3. The van der Waals surface area contributed by atoms with Crippen molar-refractivity contribution in [2.45, 2.75) is 39.3 Å². The number of hydrogen-bond acceptors (Lipinski definition) is 2. The molecule has 0 spiro atoms. The molecule has 0 aliphatic rings. The third-order valence-electron chi connectivity index (χ3n) is 4.43. The molecular formula is C23H25NO2. The summed E-state index contributed by atoms with van der Waals surface area (Å²) in [4.78, 5) is 14.8. The number of benzene rings is 2. The van der Waals surface area contributed by atoms with Crippen LogP contribution in [0.1, 0.15) is 48.0 Å².